The number of rotatable bonds is 12. The first-order valence-corrected chi connectivity index (χ1v) is 50.3. The molecule has 0 radical (unpaired) electrons. The Hall–Kier alpha value is -6.20. The monoisotopic (exact) mass is 1720 g/mol. The third-order valence-electron chi connectivity index (χ3n) is 38.6. The zero-order valence-corrected chi connectivity index (χ0v) is 81.0. The molecule has 21 atom stereocenters. The maximum atomic E-state index is 9.90. The SMILES string of the molecule is CC1[C@H]2Cc3ccc(O)cc3[C@]1(C)CCN2CC(C)(C)C.CC1[C@H]2Cc3ccc(O)cc3[C@]1(C)CCN2CC1(C)CC1.CC1[C@H]2Cc3ccc(O)cc3[C@]1(C)CCN2[C@@H](C)C1CC1.COCCN1CC[C@@]2(C)c3cc(O)ccc3C[C@@H]1[C@@H]2C.C[C@H](C1CC1)N1CC[C@@]2(C)c3cc(O)ccc3C[C@@H]1[C@@H]2C.C[C@H]1[C@H]2Cc3ccc(O)cc3[C@]1(C)CCN2C[C@H]1CCCO1. The second kappa shape index (κ2) is 35.1. The molecule has 7 saturated heterocycles. The summed E-state index contributed by atoms with van der Waals surface area (Å²) in [6, 6.07) is 41.5. The Kier molecular flexibility index (Phi) is 25.5. The fourth-order valence-electron chi connectivity index (χ4n) is 28.4. The number of piperidine rings is 6. The predicted molar refractivity (Wildman–Crippen MR) is 512 cm³/mol. The summed E-state index contributed by atoms with van der Waals surface area (Å²) in [6.07, 6.45) is 25.4. The van der Waals surface area contributed by atoms with E-state index < -0.39 is 0 Å². The first-order valence-electron chi connectivity index (χ1n) is 50.3. The Morgan fingerprint density at radius 2 is 0.659 bits per heavy atom. The number of nitrogens with zero attached hydrogens (tertiary/aromatic N) is 6. The molecule has 0 aromatic heterocycles. The molecule has 6 N–H and O–H groups in total. The molecular formula is C112H162N6O8. The molecule has 0 spiro atoms. The van der Waals surface area contributed by atoms with Gasteiger partial charge in [-0.15, -0.1) is 0 Å². The summed E-state index contributed by atoms with van der Waals surface area (Å²) in [5.74, 6) is 8.28. The van der Waals surface area contributed by atoms with Crippen LogP contribution in [-0.2, 0) is 80.5 Å². The zero-order chi connectivity index (χ0) is 89.4. The van der Waals surface area contributed by atoms with Crippen molar-refractivity contribution >= 4 is 0 Å². The lowest BCUT2D eigenvalue weighted by molar-refractivity contribution is -0.00671. The van der Waals surface area contributed by atoms with Crippen molar-refractivity contribution in [2.45, 2.75) is 340 Å². The van der Waals surface area contributed by atoms with Gasteiger partial charge in [0.1, 0.15) is 34.5 Å². The van der Waals surface area contributed by atoms with Gasteiger partial charge in [-0.05, 0) is 412 Å². The molecule has 14 nitrogen and oxygen atoms in total. The van der Waals surface area contributed by atoms with Gasteiger partial charge in [-0.1, -0.05) is 147 Å². The van der Waals surface area contributed by atoms with Gasteiger partial charge in [0.05, 0.1) is 12.7 Å². The maximum absolute atomic E-state index is 9.90. The van der Waals surface area contributed by atoms with Gasteiger partial charge in [-0.3, -0.25) is 29.4 Å². The normalized spacial score (nSPS) is 35.9. The molecule has 7 aliphatic heterocycles. The molecule has 0 amide bonds. The van der Waals surface area contributed by atoms with Crippen molar-refractivity contribution in [3.8, 4) is 34.5 Å². The van der Waals surface area contributed by atoms with Crippen molar-refractivity contribution in [2.75, 3.05) is 85.8 Å². The van der Waals surface area contributed by atoms with Gasteiger partial charge in [0, 0.05) is 88.2 Å². The molecule has 12 bridgehead atoms. The smallest absolute Gasteiger partial charge is 0.115 e. The second-order valence-corrected chi connectivity index (χ2v) is 47.0. The van der Waals surface area contributed by atoms with Crippen molar-refractivity contribution in [3.63, 3.8) is 0 Å². The zero-order valence-electron chi connectivity index (χ0n) is 81.0. The largest absolute Gasteiger partial charge is 0.508 e. The van der Waals surface area contributed by atoms with Crippen LogP contribution in [-0.4, -0.2) is 200 Å². The van der Waals surface area contributed by atoms with Crippen molar-refractivity contribution in [2.24, 2.45) is 58.2 Å². The van der Waals surface area contributed by atoms with E-state index in [0.717, 1.165) is 108 Å². The van der Waals surface area contributed by atoms with Crippen LogP contribution in [0, 0.1) is 58.2 Å². The van der Waals surface area contributed by atoms with Gasteiger partial charge in [0.15, 0.2) is 0 Å². The van der Waals surface area contributed by atoms with Crippen LogP contribution in [0.25, 0.3) is 0 Å². The lowest BCUT2D eigenvalue weighted by Gasteiger charge is -2.56. The quantitative estimate of drug-likeness (QED) is 0.0687. The molecule has 3 saturated carbocycles. The lowest BCUT2D eigenvalue weighted by Crippen LogP contribution is -2.60. The van der Waals surface area contributed by atoms with Crippen LogP contribution >= 0.6 is 0 Å². The van der Waals surface area contributed by atoms with Gasteiger partial charge in [0.25, 0.3) is 0 Å². The molecular weight excluding hydrogens is 1560 g/mol. The molecule has 9 aliphatic carbocycles. The van der Waals surface area contributed by atoms with Gasteiger partial charge in [-0.25, -0.2) is 0 Å². The summed E-state index contributed by atoms with van der Waals surface area (Å²) in [6.45, 7) is 56.7. The van der Waals surface area contributed by atoms with Crippen LogP contribution in [0.4, 0.5) is 0 Å². The fraction of sp³-hybridized carbons (Fsp3) is 0.679. The second-order valence-electron chi connectivity index (χ2n) is 47.0. The number of phenolic OH excluding ortho intramolecular Hbond substituents is 6. The molecule has 16 aliphatic rings. The number of methoxy groups -OCH3 is 1. The number of fused-ring (bicyclic) bond motifs is 24. The summed E-state index contributed by atoms with van der Waals surface area (Å²) in [5.41, 5.74) is 19.3. The van der Waals surface area contributed by atoms with Crippen LogP contribution < -0.4 is 0 Å². The van der Waals surface area contributed by atoms with Gasteiger partial charge in [-0.2, -0.15) is 0 Å². The van der Waals surface area contributed by atoms with Crippen molar-refractivity contribution < 1.29 is 40.1 Å². The molecule has 126 heavy (non-hydrogen) atoms. The van der Waals surface area contributed by atoms with E-state index in [-0.39, 0.29) is 32.5 Å². The van der Waals surface area contributed by atoms with Crippen LogP contribution in [0.3, 0.4) is 0 Å². The van der Waals surface area contributed by atoms with E-state index in [2.05, 4.69) is 190 Å². The number of benzene rings is 6. The van der Waals surface area contributed by atoms with Crippen LogP contribution in [0.2, 0.25) is 0 Å². The van der Waals surface area contributed by atoms with Crippen LogP contribution in [0.1, 0.15) is 281 Å². The first kappa shape index (κ1) is 91.7. The topological polar surface area (TPSA) is 159 Å². The Balaban J connectivity index is 0.000000107. The van der Waals surface area contributed by atoms with Crippen LogP contribution in [0.5, 0.6) is 34.5 Å². The highest BCUT2D eigenvalue weighted by Crippen LogP contribution is 2.58. The van der Waals surface area contributed by atoms with E-state index in [1.807, 2.05) is 72.8 Å². The summed E-state index contributed by atoms with van der Waals surface area (Å²) in [5, 5.41) is 59.3. The molecule has 688 valence electrons. The number of hydrogen-bond acceptors (Lipinski definition) is 14. The summed E-state index contributed by atoms with van der Waals surface area (Å²) in [7, 11) is 1.77. The lowest BCUT2D eigenvalue weighted by atomic mass is 9.58. The van der Waals surface area contributed by atoms with Gasteiger partial charge < -0.3 is 40.1 Å². The van der Waals surface area contributed by atoms with Crippen molar-refractivity contribution in [1.82, 2.24) is 29.4 Å². The molecule has 14 heteroatoms. The number of hydrogen-bond donors (Lipinski definition) is 6. The van der Waals surface area contributed by atoms with E-state index in [1.54, 1.807) is 7.11 Å². The minimum Gasteiger partial charge on any atom is -0.508 e. The Morgan fingerprint density at radius 1 is 0.373 bits per heavy atom. The Labute approximate surface area is 759 Å². The summed E-state index contributed by atoms with van der Waals surface area (Å²) >= 11 is 0. The highest BCUT2D eigenvalue weighted by Gasteiger charge is 2.57. The Morgan fingerprint density at radius 3 is 0.968 bits per heavy atom. The van der Waals surface area contributed by atoms with E-state index in [0.29, 0.717) is 123 Å². The third kappa shape index (κ3) is 17.4. The van der Waals surface area contributed by atoms with E-state index in [4.69, 9.17) is 9.47 Å². The fourth-order valence-corrected chi connectivity index (χ4v) is 28.4. The predicted octanol–water partition coefficient (Wildman–Crippen LogP) is 20.8. The number of aromatic hydroxyl groups is 6. The summed E-state index contributed by atoms with van der Waals surface area (Å²) < 4.78 is 11.1. The summed E-state index contributed by atoms with van der Waals surface area (Å²) in [4.78, 5) is 16.4. The third-order valence-corrected chi connectivity index (χ3v) is 38.6. The van der Waals surface area contributed by atoms with E-state index in [9.17, 15) is 30.6 Å². The standard InChI is InChI=1S/C19H27NO2.3C19H27NO.C19H29NO.C17H25NO2/c1-13-18-10-14-5-6-15(21)11-17(14)19(13,2)7-8-20(18)12-16-4-3-9-22-16;1-13-17-10-14-4-5-15(21)11-16(14)19(13,3)8-9-20(17)12-18(2)6-7-18;2*1-12-18-10-15-6-7-16(21)11-17(15)19(12,3)8-9-20(18)13(2)14-4-5-14;1-13-17-10-14-6-7-15(21)11-16(14)19(13,5)8-9-20(17)12-18(2,3)4;1-12-16-10-13-4-5-14(19)11-15(13)17(12,2)6-7-18(16)8-9-20-3/h5-6,11,13,16,18,21H,3-4,7-10,12H2,1-2H3;4-5,11,13,17,21H,6-10,12H2,1-3H3;2*6-7,11-14,18,21H,4-5,8-10H2,1-3H3;6-7,11,13,17,21H,8-10,12H2,1-5H3;4-5,11-12,16,19H,6-10H2,1-3H3/t13-,16+,18+,19+;13?,17-,19-;12?,13-,18+,19+;12-,13+,18+,19+;13?,17-,19-;12-,16+,17+/m010010/s1. The van der Waals surface area contributed by atoms with E-state index in [1.165, 1.54) is 190 Å². The molecule has 7 heterocycles. The average molecular weight is 1720 g/mol. The molecule has 3 unspecified atom stereocenters. The minimum absolute atomic E-state index is 0.195. The van der Waals surface area contributed by atoms with E-state index >= 15 is 0 Å². The van der Waals surface area contributed by atoms with Crippen molar-refractivity contribution in [1.29, 1.82) is 0 Å². The van der Waals surface area contributed by atoms with Crippen molar-refractivity contribution in [3.05, 3.63) is 176 Å². The minimum atomic E-state index is 0.195. The van der Waals surface area contributed by atoms with Crippen LogP contribution in [0.15, 0.2) is 109 Å². The number of likely N-dealkylation sites (tertiary alicyclic amines) is 6. The molecule has 22 rings (SSSR count). The molecule has 6 aromatic carbocycles. The first-order chi connectivity index (χ1) is 59.8. The maximum Gasteiger partial charge on any atom is 0.115 e. The Bertz CT molecular complexity index is 4680. The van der Waals surface area contributed by atoms with Gasteiger partial charge >= 0.3 is 0 Å². The average Bonchev–Trinajstić information content (AvgIpc) is 1.07. The highest BCUT2D eigenvalue weighted by atomic mass is 16.5. The highest BCUT2D eigenvalue weighted by molar-refractivity contribution is 5.50. The van der Waals surface area contributed by atoms with Gasteiger partial charge in [0.2, 0.25) is 0 Å². The number of ether oxygens (including phenoxy) is 2. The molecule has 10 fully saturated rings. The molecule has 6 aromatic rings. The number of phenols is 6.